The van der Waals surface area contributed by atoms with Crippen molar-refractivity contribution in [3.8, 4) is 0 Å². The Labute approximate surface area is 64.5 Å². The van der Waals surface area contributed by atoms with Crippen LogP contribution in [0.5, 0.6) is 0 Å². The number of aliphatic hydroxyl groups is 1. The van der Waals surface area contributed by atoms with Gasteiger partial charge in [-0.25, -0.2) is 0 Å². The van der Waals surface area contributed by atoms with Crippen LogP contribution < -0.4 is 0 Å². The van der Waals surface area contributed by atoms with Crippen LogP contribution in [0.25, 0.3) is 0 Å². The zero-order valence-electron chi connectivity index (χ0n) is 7.65. The first-order valence-electron chi connectivity index (χ1n) is 4.31. The number of hydrogen-bond acceptors (Lipinski definition) is 1. The smallest absolute Gasteiger partial charge is 0.0568 e. The molecule has 1 unspecified atom stereocenters. The summed E-state index contributed by atoms with van der Waals surface area (Å²) in [4.78, 5) is 0. The molecule has 0 aliphatic rings. The number of rotatable bonds is 4. The fourth-order valence-electron chi connectivity index (χ4n) is 1.64. The molecule has 0 aromatic rings. The molecule has 0 saturated heterocycles. The lowest BCUT2D eigenvalue weighted by Crippen LogP contribution is -2.30. The molecule has 0 spiro atoms. The Hall–Kier alpha value is -0.0400. The zero-order chi connectivity index (χ0) is 8.20. The van der Waals surface area contributed by atoms with E-state index in [4.69, 9.17) is 0 Å². The lowest BCUT2D eigenvalue weighted by atomic mass is 9.75. The highest BCUT2D eigenvalue weighted by Crippen LogP contribution is 2.33. The van der Waals surface area contributed by atoms with Crippen molar-refractivity contribution >= 4 is 0 Å². The second-order valence-corrected chi connectivity index (χ2v) is 3.10. The van der Waals surface area contributed by atoms with Gasteiger partial charge in [0.2, 0.25) is 0 Å². The fourth-order valence-corrected chi connectivity index (χ4v) is 1.64. The van der Waals surface area contributed by atoms with Gasteiger partial charge in [0.25, 0.3) is 0 Å². The predicted molar refractivity (Wildman–Crippen MR) is 45.0 cm³/mol. The summed E-state index contributed by atoms with van der Waals surface area (Å²) in [6, 6.07) is 0. The van der Waals surface area contributed by atoms with E-state index in [-0.39, 0.29) is 11.5 Å². The van der Waals surface area contributed by atoms with E-state index in [2.05, 4.69) is 20.8 Å². The first-order valence-corrected chi connectivity index (χ1v) is 4.31. The molecule has 1 atom stereocenters. The molecule has 0 aromatic carbocycles. The van der Waals surface area contributed by atoms with Crippen molar-refractivity contribution in [2.75, 3.05) is 0 Å². The third kappa shape index (κ3) is 1.72. The quantitative estimate of drug-likeness (QED) is 0.643. The molecule has 0 heterocycles. The minimum atomic E-state index is -0.160. The SMILES string of the molecule is CCC(CC)(CC)C(C)O. The lowest BCUT2D eigenvalue weighted by Gasteiger charge is -2.33. The molecule has 0 aromatic heterocycles. The summed E-state index contributed by atoms with van der Waals surface area (Å²) in [6.45, 7) is 8.36. The van der Waals surface area contributed by atoms with E-state index < -0.39 is 0 Å². The van der Waals surface area contributed by atoms with Crippen molar-refractivity contribution in [1.82, 2.24) is 0 Å². The average Bonchev–Trinajstić information content (AvgIpc) is 1.92. The van der Waals surface area contributed by atoms with E-state index >= 15 is 0 Å². The normalized spacial score (nSPS) is 15.3. The standard InChI is InChI=1S/C9H20O/c1-5-9(6-2,7-3)8(4)10/h8,10H,5-7H2,1-4H3. The maximum absolute atomic E-state index is 9.46. The van der Waals surface area contributed by atoms with E-state index in [1.165, 1.54) is 0 Å². The minimum Gasteiger partial charge on any atom is -0.393 e. The fraction of sp³-hybridized carbons (Fsp3) is 1.00. The summed E-state index contributed by atoms with van der Waals surface area (Å²) in [5, 5.41) is 9.46. The number of hydrogen-bond donors (Lipinski definition) is 1. The third-order valence-electron chi connectivity index (χ3n) is 3.00. The van der Waals surface area contributed by atoms with Crippen LogP contribution in [0.15, 0.2) is 0 Å². The van der Waals surface area contributed by atoms with Gasteiger partial charge in [-0.15, -0.1) is 0 Å². The van der Waals surface area contributed by atoms with Gasteiger partial charge in [-0.2, -0.15) is 0 Å². The predicted octanol–water partition coefficient (Wildman–Crippen LogP) is 2.58. The minimum absolute atomic E-state index is 0.160. The Morgan fingerprint density at radius 1 is 1.10 bits per heavy atom. The molecular formula is C9H20O. The molecule has 10 heavy (non-hydrogen) atoms. The molecule has 0 fully saturated rings. The summed E-state index contributed by atoms with van der Waals surface area (Å²) < 4.78 is 0. The zero-order valence-corrected chi connectivity index (χ0v) is 7.65. The van der Waals surface area contributed by atoms with E-state index in [1.807, 2.05) is 6.92 Å². The second-order valence-electron chi connectivity index (χ2n) is 3.10. The van der Waals surface area contributed by atoms with Crippen molar-refractivity contribution in [3.63, 3.8) is 0 Å². The van der Waals surface area contributed by atoms with E-state index in [0.29, 0.717) is 0 Å². The molecule has 0 bridgehead atoms. The van der Waals surface area contributed by atoms with Crippen LogP contribution in [0, 0.1) is 5.41 Å². The summed E-state index contributed by atoms with van der Waals surface area (Å²) >= 11 is 0. The maximum Gasteiger partial charge on any atom is 0.0568 e. The van der Waals surface area contributed by atoms with E-state index in [9.17, 15) is 5.11 Å². The molecule has 0 aliphatic carbocycles. The van der Waals surface area contributed by atoms with Gasteiger partial charge in [-0.05, 0) is 31.6 Å². The van der Waals surface area contributed by atoms with Gasteiger partial charge in [-0.1, -0.05) is 20.8 Å². The topological polar surface area (TPSA) is 20.2 Å². The molecule has 0 rings (SSSR count). The average molecular weight is 144 g/mol. The molecule has 0 saturated carbocycles. The largest absolute Gasteiger partial charge is 0.393 e. The summed E-state index contributed by atoms with van der Waals surface area (Å²) in [5.41, 5.74) is 0.181. The highest BCUT2D eigenvalue weighted by molar-refractivity contribution is 4.79. The van der Waals surface area contributed by atoms with Crippen molar-refractivity contribution < 1.29 is 5.11 Å². The molecule has 62 valence electrons. The Morgan fingerprint density at radius 3 is 1.40 bits per heavy atom. The van der Waals surface area contributed by atoms with Crippen molar-refractivity contribution in [3.05, 3.63) is 0 Å². The molecule has 1 heteroatoms. The molecule has 1 N–H and O–H groups in total. The van der Waals surface area contributed by atoms with Gasteiger partial charge in [0.15, 0.2) is 0 Å². The van der Waals surface area contributed by atoms with Crippen LogP contribution in [-0.2, 0) is 0 Å². The Balaban J connectivity index is 4.15. The molecule has 1 nitrogen and oxygen atoms in total. The van der Waals surface area contributed by atoms with Crippen LogP contribution in [-0.4, -0.2) is 11.2 Å². The Bertz CT molecular complexity index is 74.5. The summed E-state index contributed by atoms with van der Waals surface area (Å²) in [6.07, 6.45) is 3.08. The van der Waals surface area contributed by atoms with Crippen LogP contribution >= 0.6 is 0 Å². The van der Waals surface area contributed by atoms with Crippen molar-refractivity contribution in [2.24, 2.45) is 5.41 Å². The van der Waals surface area contributed by atoms with Crippen LogP contribution in [0.4, 0.5) is 0 Å². The van der Waals surface area contributed by atoms with Crippen molar-refractivity contribution in [2.45, 2.75) is 53.1 Å². The maximum atomic E-state index is 9.46. The van der Waals surface area contributed by atoms with Gasteiger partial charge in [0.05, 0.1) is 6.10 Å². The molecule has 0 radical (unpaired) electrons. The van der Waals surface area contributed by atoms with Gasteiger partial charge >= 0.3 is 0 Å². The first-order chi connectivity index (χ1) is 4.63. The van der Waals surface area contributed by atoms with Gasteiger partial charge in [0, 0.05) is 0 Å². The van der Waals surface area contributed by atoms with Gasteiger partial charge in [-0.3, -0.25) is 0 Å². The highest BCUT2D eigenvalue weighted by atomic mass is 16.3. The Morgan fingerprint density at radius 2 is 1.40 bits per heavy atom. The van der Waals surface area contributed by atoms with Crippen molar-refractivity contribution in [1.29, 1.82) is 0 Å². The van der Waals surface area contributed by atoms with Crippen LogP contribution in [0.2, 0.25) is 0 Å². The number of aliphatic hydroxyl groups excluding tert-OH is 1. The third-order valence-corrected chi connectivity index (χ3v) is 3.00. The van der Waals surface area contributed by atoms with E-state index in [1.54, 1.807) is 0 Å². The molecular weight excluding hydrogens is 124 g/mol. The molecule has 0 aliphatic heterocycles. The van der Waals surface area contributed by atoms with Crippen LogP contribution in [0.3, 0.4) is 0 Å². The summed E-state index contributed by atoms with van der Waals surface area (Å²) in [5.74, 6) is 0. The molecule has 0 amide bonds. The Kier molecular flexibility index (Phi) is 3.95. The lowest BCUT2D eigenvalue weighted by molar-refractivity contribution is 0.0284. The summed E-state index contributed by atoms with van der Waals surface area (Å²) in [7, 11) is 0. The highest BCUT2D eigenvalue weighted by Gasteiger charge is 2.28. The van der Waals surface area contributed by atoms with Gasteiger partial charge < -0.3 is 5.11 Å². The monoisotopic (exact) mass is 144 g/mol. The van der Waals surface area contributed by atoms with Gasteiger partial charge in [0.1, 0.15) is 0 Å². The van der Waals surface area contributed by atoms with E-state index in [0.717, 1.165) is 19.3 Å². The second kappa shape index (κ2) is 3.97. The van der Waals surface area contributed by atoms with Crippen LogP contribution in [0.1, 0.15) is 47.0 Å². The first kappa shape index (κ1) is 9.96.